The molecular weight excluding hydrogens is 456 g/mol. The Morgan fingerprint density at radius 3 is 1.94 bits per heavy atom. The van der Waals surface area contributed by atoms with Crippen molar-refractivity contribution in [1.82, 2.24) is 24.8 Å². The Kier molecular flexibility index (Phi) is 9.39. The van der Waals surface area contributed by atoms with E-state index in [1.54, 1.807) is 0 Å². The second-order valence-corrected chi connectivity index (χ2v) is 10.0. The van der Waals surface area contributed by atoms with Crippen LogP contribution in [-0.2, 0) is 9.47 Å². The fourth-order valence-electron chi connectivity index (χ4n) is 5.43. The molecule has 3 saturated heterocycles. The molecule has 2 atom stereocenters. The van der Waals surface area contributed by atoms with Gasteiger partial charge in [-0.15, -0.1) is 0 Å². The van der Waals surface area contributed by atoms with Crippen molar-refractivity contribution in [3.63, 3.8) is 0 Å². The minimum absolute atomic E-state index is 0.314. The Morgan fingerprint density at radius 2 is 1.33 bits per heavy atom. The first kappa shape index (κ1) is 25.4. The summed E-state index contributed by atoms with van der Waals surface area (Å²) in [5, 5.41) is 6.95. The van der Waals surface area contributed by atoms with Gasteiger partial charge in [0.05, 0.1) is 32.5 Å². The zero-order valence-electron chi connectivity index (χ0n) is 21.5. The predicted molar refractivity (Wildman–Crippen MR) is 143 cm³/mol. The second kappa shape index (κ2) is 13.3. The first-order chi connectivity index (χ1) is 17.8. The largest absolute Gasteiger partial charge is 0.379 e. The van der Waals surface area contributed by atoms with E-state index in [4.69, 9.17) is 24.4 Å². The number of fused-ring (bicyclic) bond motifs is 1. The molecule has 3 aliphatic heterocycles. The molecule has 10 nitrogen and oxygen atoms in total. The molecule has 0 aromatic carbocycles. The smallest absolute Gasteiger partial charge is 0.232 e. The van der Waals surface area contributed by atoms with Gasteiger partial charge in [0.15, 0.2) is 0 Å². The summed E-state index contributed by atoms with van der Waals surface area (Å²) in [4.78, 5) is 21.8. The van der Waals surface area contributed by atoms with Gasteiger partial charge in [-0.3, -0.25) is 9.80 Å². The van der Waals surface area contributed by atoms with Crippen LogP contribution in [0.2, 0.25) is 0 Å². The third-order valence-corrected chi connectivity index (χ3v) is 7.47. The summed E-state index contributed by atoms with van der Waals surface area (Å²) >= 11 is 0. The van der Waals surface area contributed by atoms with Crippen molar-refractivity contribution in [1.29, 1.82) is 0 Å². The van der Waals surface area contributed by atoms with E-state index in [1.165, 1.54) is 6.42 Å². The van der Waals surface area contributed by atoms with Crippen LogP contribution < -0.4 is 15.5 Å². The Labute approximate surface area is 215 Å². The lowest BCUT2D eigenvalue weighted by Gasteiger charge is -2.39. The summed E-state index contributed by atoms with van der Waals surface area (Å²) in [5.74, 6) is 2.62. The van der Waals surface area contributed by atoms with Crippen LogP contribution in [0, 0.1) is 5.92 Å². The maximum absolute atomic E-state index is 5.46. The quantitative estimate of drug-likeness (QED) is 0.441. The molecule has 2 unspecified atom stereocenters. The van der Waals surface area contributed by atoms with Crippen LogP contribution in [0.25, 0.3) is 0 Å². The molecule has 36 heavy (non-hydrogen) atoms. The fraction of sp³-hybridized carbons (Fsp3) is 0.731. The van der Waals surface area contributed by atoms with Gasteiger partial charge in [0, 0.05) is 51.7 Å². The van der Waals surface area contributed by atoms with Gasteiger partial charge in [-0.05, 0) is 38.8 Å². The summed E-state index contributed by atoms with van der Waals surface area (Å²) in [7, 11) is 0. The number of anilines is 3. The van der Waals surface area contributed by atoms with Crippen LogP contribution in [0.15, 0.2) is 24.3 Å². The number of allylic oxidation sites excluding steroid dienone is 2. The van der Waals surface area contributed by atoms with Gasteiger partial charge in [0.25, 0.3) is 0 Å². The Hall–Kier alpha value is -2.27. The molecule has 0 amide bonds. The molecule has 1 aromatic rings. The highest BCUT2D eigenvalue weighted by atomic mass is 16.5. The Balaban J connectivity index is 1.20. The number of nitrogens with one attached hydrogen (secondary N) is 2. The SMILES string of the molecule is C1=CC2CCCN(c3nc(NCCCN4CCOCC4)nc(NCCCN4CCOCC4)n3)C2C=C1. The minimum Gasteiger partial charge on any atom is -0.379 e. The van der Waals surface area contributed by atoms with Crippen LogP contribution in [0.5, 0.6) is 0 Å². The molecule has 4 heterocycles. The highest BCUT2D eigenvalue weighted by Gasteiger charge is 2.31. The molecule has 2 N–H and O–H groups in total. The number of nitrogens with zero attached hydrogens (tertiary/aromatic N) is 6. The van der Waals surface area contributed by atoms with Crippen molar-refractivity contribution in [3.05, 3.63) is 24.3 Å². The van der Waals surface area contributed by atoms with Crippen molar-refractivity contribution in [2.75, 3.05) is 101 Å². The molecule has 0 radical (unpaired) electrons. The van der Waals surface area contributed by atoms with E-state index in [1.807, 2.05) is 0 Å². The Bertz CT molecular complexity index is 825. The first-order valence-electron chi connectivity index (χ1n) is 13.8. The maximum Gasteiger partial charge on any atom is 0.232 e. The highest BCUT2D eigenvalue weighted by molar-refractivity contribution is 5.47. The summed E-state index contributed by atoms with van der Waals surface area (Å²) in [6.45, 7) is 12.2. The van der Waals surface area contributed by atoms with Gasteiger partial charge in [0.2, 0.25) is 17.8 Å². The van der Waals surface area contributed by atoms with Crippen molar-refractivity contribution in [2.45, 2.75) is 31.7 Å². The second-order valence-electron chi connectivity index (χ2n) is 10.0. The number of ether oxygens (including phenoxy) is 2. The van der Waals surface area contributed by atoms with Crippen LogP contribution in [0.4, 0.5) is 17.8 Å². The van der Waals surface area contributed by atoms with E-state index in [0.29, 0.717) is 23.9 Å². The van der Waals surface area contributed by atoms with Crippen LogP contribution in [0.1, 0.15) is 25.7 Å². The molecule has 0 spiro atoms. The molecule has 3 fully saturated rings. The summed E-state index contributed by atoms with van der Waals surface area (Å²) in [6, 6.07) is 0.314. The van der Waals surface area contributed by atoms with Crippen molar-refractivity contribution < 1.29 is 9.47 Å². The van der Waals surface area contributed by atoms with E-state index in [0.717, 1.165) is 111 Å². The molecule has 198 valence electrons. The van der Waals surface area contributed by atoms with Crippen LogP contribution >= 0.6 is 0 Å². The van der Waals surface area contributed by atoms with E-state index in [9.17, 15) is 0 Å². The number of rotatable bonds is 11. The van der Waals surface area contributed by atoms with Crippen molar-refractivity contribution in [2.24, 2.45) is 5.92 Å². The van der Waals surface area contributed by atoms with Gasteiger partial charge in [-0.1, -0.05) is 24.3 Å². The molecule has 0 saturated carbocycles. The van der Waals surface area contributed by atoms with Gasteiger partial charge in [0.1, 0.15) is 0 Å². The summed E-state index contributed by atoms with van der Waals surface area (Å²) in [6.07, 6.45) is 13.4. The van der Waals surface area contributed by atoms with E-state index in [2.05, 4.69) is 49.6 Å². The third kappa shape index (κ3) is 7.15. The van der Waals surface area contributed by atoms with Gasteiger partial charge >= 0.3 is 0 Å². The molecule has 4 aliphatic rings. The fourth-order valence-corrected chi connectivity index (χ4v) is 5.43. The van der Waals surface area contributed by atoms with Crippen LogP contribution in [0.3, 0.4) is 0 Å². The van der Waals surface area contributed by atoms with E-state index < -0.39 is 0 Å². The average Bonchev–Trinajstić information content (AvgIpc) is 2.94. The van der Waals surface area contributed by atoms with Gasteiger partial charge in [-0.25, -0.2) is 0 Å². The van der Waals surface area contributed by atoms with E-state index in [-0.39, 0.29) is 0 Å². The zero-order valence-corrected chi connectivity index (χ0v) is 21.5. The summed E-state index contributed by atoms with van der Waals surface area (Å²) in [5.41, 5.74) is 0. The van der Waals surface area contributed by atoms with Crippen molar-refractivity contribution >= 4 is 17.8 Å². The number of piperidine rings is 1. The molecule has 5 rings (SSSR count). The van der Waals surface area contributed by atoms with Gasteiger partial charge in [-0.2, -0.15) is 15.0 Å². The molecule has 1 aromatic heterocycles. The van der Waals surface area contributed by atoms with E-state index >= 15 is 0 Å². The Morgan fingerprint density at radius 1 is 0.750 bits per heavy atom. The van der Waals surface area contributed by atoms with Gasteiger partial charge < -0.3 is 25.0 Å². The summed E-state index contributed by atoms with van der Waals surface area (Å²) < 4.78 is 10.9. The highest BCUT2D eigenvalue weighted by Crippen LogP contribution is 2.31. The lowest BCUT2D eigenvalue weighted by molar-refractivity contribution is 0.0378. The number of hydrogen-bond acceptors (Lipinski definition) is 10. The molecule has 10 heteroatoms. The van der Waals surface area contributed by atoms with Crippen LogP contribution in [-0.4, -0.2) is 116 Å². The standard InChI is InChI=1S/C26H42N8O2/c1-2-8-23-22(6-1)7-3-13-34(23)26-30-24(27-9-4-11-32-14-18-35-19-15-32)29-25(31-26)28-10-5-12-33-16-20-36-21-17-33/h1-2,6,8,22-23H,3-5,7,9-21H2,(H2,27,28,29,30,31). The monoisotopic (exact) mass is 498 g/mol. The lowest BCUT2D eigenvalue weighted by Crippen LogP contribution is -2.45. The van der Waals surface area contributed by atoms with Crippen molar-refractivity contribution in [3.8, 4) is 0 Å². The zero-order chi connectivity index (χ0) is 24.4. The predicted octanol–water partition coefficient (Wildman–Crippen LogP) is 1.85. The molecule has 1 aliphatic carbocycles. The minimum atomic E-state index is 0.314. The maximum atomic E-state index is 5.46. The number of aromatic nitrogens is 3. The lowest BCUT2D eigenvalue weighted by atomic mass is 9.86. The normalized spacial score (nSPS) is 25.1. The number of morpholine rings is 2. The molecular formula is C26H42N8O2. The first-order valence-corrected chi connectivity index (χ1v) is 13.8. The molecule has 0 bridgehead atoms. The number of hydrogen-bond donors (Lipinski definition) is 2. The third-order valence-electron chi connectivity index (χ3n) is 7.47. The average molecular weight is 499 g/mol. The topological polar surface area (TPSA) is 90.9 Å².